The molecule has 0 bridgehead atoms. The topological polar surface area (TPSA) is 17.1 Å². The summed E-state index contributed by atoms with van der Waals surface area (Å²) in [7, 11) is 0. The van der Waals surface area contributed by atoms with Crippen molar-refractivity contribution in [2.45, 2.75) is 57.8 Å². The third-order valence-electron chi connectivity index (χ3n) is 3.70. The molecule has 1 aliphatic rings. The van der Waals surface area contributed by atoms with Crippen LogP contribution in [0.5, 0.6) is 0 Å². The van der Waals surface area contributed by atoms with E-state index in [1.165, 1.54) is 50.5 Å². The van der Waals surface area contributed by atoms with Gasteiger partial charge in [-0.15, -0.1) is 0 Å². The van der Waals surface area contributed by atoms with E-state index in [-0.39, 0.29) is 0 Å². The summed E-state index contributed by atoms with van der Waals surface area (Å²) in [5.74, 6) is 0. The molecule has 0 radical (unpaired) electrons. The summed E-state index contributed by atoms with van der Waals surface area (Å²) in [5, 5.41) is 0. The molecular formula is C16H22O. The molecule has 0 amide bonds. The molecule has 0 unspecified atom stereocenters. The maximum absolute atomic E-state index is 10.2. The molecule has 2 rings (SSSR count). The van der Waals surface area contributed by atoms with Gasteiger partial charge in [0, 0.05) is 6.42 Å². The second-order valence-electron chi connectivity index (χ2n) is 5.08. The highest BCUT2D eigenvalue weighted by Gasteiger charge is 2.08. The van der Waals surface area contributed by atoms with Crippen LogP contribution >= 0.6 is 0 Å². The van der Waals surface area contributed by atoms with Gasteiger partial charge >= 0.3 is 0 Å². The Morgan fingerprint density at radius 2 is 1.82 bits per heavy atom. The molecule has 0 saturated heterocycles. The molecule has 0 aliphatic heterocycles. The van der Waals surface area contributed by atoms with Crippen LogP contribution in [0.25, 0.3) is 0 Å². The molecule has 0 saturated carbocycles. The fourth-order valence-electron chi connectivity index (χ4n) is 2.68. The number of hydrogen-bond acceptors (Lipinski definition) is 1. The highest BCUT2D eigenvalue weighted by molar-refractivity contribution is 5.48. The molecule has 0 atom stereocenters. The zero-order chi connectivity index (χ0) is 11.9. The van der Waals surface area contributed by atoms with Gasteiger partial charge in [-0.3, -0.25) is 0 Å². The maximum Gasteiger partial charge on any atom is 0.119 e. The van der Waals surface area contributed by atoms with Gasteiger partial charge in [0.15, 0.2) is 0 Å². The van der Waals surface area contributed by atoms with Crippen molar-refractivity contribution in [3.8, 4) is 0 Å². The van der Waals surface area contributed by atoms with E-state index in [4.69, 9.17) is 0 Å². The van der Waals surface area contributed by atoms with Gasteiger partial charge in [0.2, 0.25) is 0 Å². The molecule has 0 spiro atoms. The van der Waals surface area contributed by atoms with Crippen LogP contribution in [0, 0.1) is 0 Å². The number of aryl methyl sites for hydroxylation is 3. The van der Waals surface area contributed by atoms with Crippen LogP contribution in [0.4, 0.5) is 0 Å². The van der Waals surface area contributed by atoms with Gasteiger partial charge in [-0.2, -0.15) is 0 Å². The van der Waals surface area contributed by atoms with E-state index < -0.39 is 0 Å². The highest BCUT2D eigenvalue weighted by atomic mass is 16.1. The summed E-state index contributed by atoms with van der Waals surface area (Å²) < 4.78 is 0. The molecule has 1 heteroatoms. The lowest BCUT2D eigenvalue weighted by atomic mass is 9.89. The smallest absolute Gasteiger partial charge is 0.119 e. The van der Waals surface area contributed by atoms with Gasteiger partial charge in [0.1, 0.15) is 6.29 Å². The minimum Gasteiger partial charge on any atom is -0.303 e. The van der Waals surface area contributed by atoms with Crippen molar-refractivity contribution in [2.24, 2.45) is 0 Å². The fourth-order valence-corrected chi connectivity index (χ4v) is 2.68. The largest absolute Gasteiger partial charge is 0.303 e. The van der Waals surface area contributed by atoms with E-state index in [9.17, 15) is 4.79 Å². The minimum absolute atomic E-state index is 0.726. The Kier molecular flexibility index (Phi) is 4.78. The number of benzene rings is 1. The van der Waals surface area contributed by atoms with Gasteiger partial charge in [-0.1, -0.05) is 24.6 Å². The first-order valence-corrected chi connectivity index (χ1v) is 6.94. The number of rotatable bonds is 6. The van der Waals surface area contributed by atoms with Crippen LogP contribution in [-0.4, -0.2) is 6.29 Å². The lowest BCUT2D eigenvalue weighted by Gasteiger charge is -2.16. The summed E-state index contributed by atoms with van der Waals surface area (Å²) in [4.78, 5) is 10.2. The molecular weight excluding hydrogens is 208 g/mol. The highest BCUT2D eigenvalue weighted by Crippen LogP contribution is 2.22. The Bertz CT molecular complexity index is 368. The number of hydrogen-bond donors (Lipinski definition) is 0. The van der Waals surface area contributed by atoms with Gasteiger partial charge in [0.05, 0.1) is 0 Å². The van der Waals surface area contributed by atoms with Crippen molar-refractivity contribution < 1.29 is 4.79 Å². The van der Waals surface area contributed by atoms with E-state index in [2.05, 4.69) is 18.2 Å². The molecule has 0 aromatic heterocycles. The third kappa shape index (κ3) is 3.69. The van der Waals surface area contributed by atoms with Crippen molar-refractivity contribution >= 4 is 6.29 Å². The van der Waals surface area contributed by atoms with Crippen LogP contribution in [-0.2, 0) is 24.1 Å². The predicted octanol–water partition coefficient (Wildman–Crippen LogP) is 3.87. The van der Waals surface area contributed by atoms with Crippen molar-refractivity contribution in [2.75, 3.05) is 0 Å². The quantitative estimate of drug-likeness (QED) is 0.535. The molecule has 1 nitrogen and oxygen atoms in total. The molecule has 92 valence electrons. The third-order valence-corrected chi connectivity index (χ3v) is 3.70. The van der Waals surface area contributed by atoms with Gasteiger partial charge in [0.25, 0.3) is 0 Å². The van der Waals surface area contributed by atoms with E-state index in [1.54, 1.807) is 11.1 Å². The first-order chi connectivity index (χ1) is 8.40. The van der Waals surface area contributed by atoms with Crippen LogP contribution < -0.4 is 0 Å². The standard InChI is InChI=1S/C16H22O/c17-12-6-2-1-3-7-14-10-11-15-8-4-5-9-16(15)13-14/h10-13H,1-9H2. The molecule has 0 N–H and O–H groups in total. The maximum atomic E-state index is 10.2. The summed E-state index contributed by atoms with van der Waals surface area (Å²) in [5.41, 5.74) is 4.64. The monoisotopic (exact) mass is 230 g/mol. The Balaban J connectivity index is 1.82. The van der Waals surface area contributed by atoms with E-state index in [1.807, 2.05) is 0 Å². The Labute approximate surface area is 104 Å². The number of unbranched alkanes of at least 4 members (excludes halogenated alkanes) is 3. The number of aldehydes is 1. The van der Waals surface area contributed by atoms with E-state index in [0.29, 0.717) is 0 Å². The fraction of sp³-hybridized carbons (Fsp3) is 0.562. The van der Waals surface area contributed by atoms with Crippen molar-refractivity contribution in [1.82, 2.24) is 0 Å². The van der Waals surface area contributed by atoms with E-state index >= 15 is 0 Å². The Hall–Kier alpha value is -1.11. The molecule has 0 fully saturated rings. The summed E-state index contributed by atoms with van der Waals surface area (Å²) in [6, 6.07) is 7.04. The zero-order valence-corrected chi connectivity index (χ0v) is 10.6. The summed E-state index contributed by atoms with van der Waals surface area (Å²) in [6.45, 7) is 0. The number of fused-ring (bicyclic) bond motifs is 1. The number of carbonyl (C=O) groups excluding carboxylic acids is 1. The summed E-state index contributed by atoms with van der Waals surface area (Å²) >= 11 is 0. The van der Waals surface area contributed by atoms with Gasteiger partial charge < -0.3 is 4.79 Å². The molecule has 1 aromatic carbocycles. The molecule has 1 aromatic rings. The van der Waals surface area contributed by atoms with Gasteiger partial charge in [-0.05, 0) is 61.6 Å². The second kappa shape index (κ2) is 6.58. The predicted molar refractivity (Wildman–Crippen MR) is 71.3 cm³/mol. The molecule has 1 aliphatic carbocycles. The van der Waals surface area contributed by atoms with Crippen molar-refractivity contribution in [3.05, 3.63) is 34.9 Å². The SMILES string of the molecule is O=CCCCCCc1ccc2c(c1)CCCC2. The summed E-state index contributed by atoms with van der Waals surface area (Å²) in [6.07, 6.45) is 11.6. The van der Waals surface area contributed by atoms with Crippen molar-refractivity contribution in [1.29, 1.82) is 0 Å². The first-order valence-electron chi connectivity index (χ1n) is 6.94. The van der Waals surface area contributed by atoms with Crippen molar-refractivity contribution in [3.63, 3.8) is 0 Å². The first kappa shape index (κ1) is 12.3. The van der Waals surface area contributed by atoms with Crippen LogP contribution in [0.1, 0.15) is 55.2 Å². The zero-order valence-electron chi connectivity index (χ0n) is 10.6. The average molecular weight is 230 g/mol. The normalized spacial score (nSPS) is 14.4. The molecule has 0 heterocycles. The Morgan fingerprint density at radius 3 is 2.65 bits per heavy atom. The lowest BCUT2D eigenvalue weighted by molar-refractivity contribution is -0.107. The lowest BCUT2D eigenvalue weighted by Crippen LogP contribution is -2.03. The average Bonchev–Trinajstić information content (AvgIpc) is 2.38. The van der Waals surface area contributed by atoms with Crippen LogP contribution in [0.3, 0.4) is 0 Å². The number of carbonyl (C=O) groups is 1. The van der Waals surface area contributed by atoms with Crippen LogP contribution in [0.2, 0.25) is 0 Å². The Morgan fingerprint density at radius 1 is 1.00 bits per heavy atom. The second-order valence-corrected chi connectivity index (χ2v) is 5.08. The van der Waals surface area contributed by atoms with E-state index in [0.717, 1.165) is 19.1 Å². The van der Waals surface area contributed by atoms with Crippen LogP contribution in [0.15, 0.2) is 18.2 Å². The molecule has 17 heavy (non-hydrogen) atoms. The van der Waals surface area contributed by atoms with Gasteiger partial charge in [-0.25, -0.2) is 0 Å². The minimum atomic E-state index is 0.726.